The zero-order valence-electron chi connectivity index (χ0n) is 24.7. The molecule has 1 aromatic carbocycles. The molecule has 4 heteroatoms. The fourth-order valence-electron chi connectivity index (χ4n) is 4.79. The van der Waals surface area contributed by atoms with Crippen LogP contribution in [0.4, 0.5) is 0 Å². The first-order chi connectivity index (χ1) is 15.4. The van der Waals surface area contributed by atoms with Gasteiger partial charge in [-0.1, -0.05) is 101 Å². The van der Waals surface area contributed by atoms with Crippen molar-refractivity contribution in [1.82, 2.24) is 0 Å². The Morgan fingerprint density at radius 1 is 0.743 bits per heavy atom. The lowest BCUT2D eigenvalue weighted by molar-refractivity contribution is 0.104. The Morgan fingerprint density at radius 2 is 1.20 bits per heavy atom. The number of thioether (sulfide) groups is 2. The molecule has 0 bridgehead atoms. The van der Waals surface area contributed by atoms with Crippen LogP contribution in [-0.2, 0) is 10.8 Å². The third-order valence-corrected chi connectivity index (χ3v) is 10.1. The molecule has 2 N–H and O–H groups in total. The Hall–Kier alpha value is -0.840. The maximum absolute atomic E-state index is 11.8. The second-order valence-corrected chi connectivity index (χ2v) is 18.5. The smallest absolute Gasteiger partial charge is 0.123 e. The van der Waals surface area contributed by atoms with Crippen molar-refractivity contribution >= 4 is 23.5 Å². The third kappa shape index (κ3) is 6.54. The number of rotatable bonds is 4. The molecule has 0 spiro atoms. The van der Waals surface area contributed by atoms with Gasteiger partial charge in [-0.05, 0) is 53.2 Å². The predicted molar refractivity (Wildman–Crippen MR) is 158 cm³/mol. The molecule has 0 amide bonds. The quantitative estimate of drug-likeness (QED) is 0.308. The molecule has 0 saturated heterocycles. The van der Waals surface area contributed by atoms with E-state index in [9.17, 15) is 10.2 Å². The fraction of sp³-hybridized carbons (Fsp3) is 0.677. The molecular formula is C31H50O2S2. The molecule has 1 aromatic rings. The van der Waals surface area contributed by atoms with E-state index in [1.807, 2.05) is 23.5 Å². The second-order valence-electron chi connectivity index (χ2n) is 14.6. The second kappa shape index (κ2) is 9.48. The molecule has 198 valence electrons. The highest BCUT2D eigenvalue weighted by molar-refractivity contribution is 8.18. The molecule has 35 heavy (non-hydrogen) atoms. The number of benzene rings is 1. The van der Waals surface area contributed by atoms with Gasteiger partial charge in [-0.3, -0.25) is 0 Å². The summed E-state index contributed by atoms with van der Waals surface area (Å²) >= 11 is 3.68. The van der Waals surface area contributed by atoms with Crippen molar-refractivity contribution in [1.29, 1.82) is 0 Å². The van der Waals surface area contributed by atoms with Crippen LogP contribution in [0.1, 0.15) is 108 Å². The minimum absolute atomic E-state index is 0.112. The minimum Gasteiger partial charge on any atom is -0.507 e. The van der Waals surface area contributed by atoms with E-state index in [1.165, 1.54) is 0 Å². The summed E-state index contributed by atoms with van der Waals surface area (Å²) in [6.07, 6.45) is 5.88. The maximum Gasteiger partial charge on any atom is 0.123 e. The lowest BCUT2D eigenvalue weighted by Crippen LogP contribution is -2.53. The number of aliphatic hydroxyl groups is 1. The lowest BCUT2D eigenvalue weighted by atomic mass is 9.68. The molecule has 0 aliphatic heterocycles. The molecule has 0 heterocycles. The topological polar surface area (TPSA) is 40.5 Å². The van der Waals surface area contributed by atoms with E-state index < -0.39 is 10.9 Å². The predicted octanol–water partition coefficient (Wildman–Crippen LogP) is 9.24. The van der Waals surface area contributed by atoms with Crippen molar-refractivity contribution in [2.45, 2.75) is 128 Å². The highest BCUT2D eigenvalue weighted by Gasteiger charge is 2.53. The highest BCUT2D eigenvalue weighted by Crippen LogP contribution is 2.59. The summed E-state index contributed by atoms with van der Waals surface area (Å²) in [7, 11) is 0. The minimum atomic E-state index is -0.576. The fourth-order valence-corrected chi connectivity index (χ4v) is 8.09. The van der Waals surface area contributed by atoms with Crippen molar-refractivity contribution in [3.63, 3.8) is 0 Å². The summed E-state index contributed by atoms with van der Waals surface area (Å²) in [5.41, 5.74) is 2.43. The van der Waals surface area contributed by atoms with Crippen LogP contribution in [0.5, 0.6) is 5.75 Å². The molecule has 2 rings (SSSR count). The molecule has 2 nitrogen and oxygen atoms in total. The Morgan fingerprint density at radius 3 is 1.57 bits per heavy atom. The number of hydrogen-bond donors (Lipinski definition) is 2. The van der Waals surface area contributed by atoms with Crippen molar-refractivity contribution in [2.24, 2.45) is 10.8 Å². The first-order valence-corrected chi connectivity index (χ1v) is 14.4. The summed E-state index contributed by atoms with van der Waals surface area (Å²) in [4.78, 5) is 1.15. The van der Waals surface area contributed by atoms with Gasteiger partial charge in [0, 0.05) is 16.0 Å². The van der Waals surface area contributed by atoms with Crippen molar-refractivity contribution in [3.05, 3.63) is 47.1 Å². The van der Waals surface area contributed by atoms with Crippen LogP contribution in [0.15, 0.2) is 40.8 Å². The van der Waals surface area contributed by atoms with Gasteiger partial charge in [0.25, 0.3) is 0 Å². The molecule has 1 aliphatic rings. The molecule has 1 aliphatic carbocycles. The van der Waals surface area contributed by atoms with Crippen LogP contribution in [0.3, 0.4) is 0 Å². The van der Waals surface area contributed by atoms with E-state index in [2.05, 4.69) is 127 Å². The van der Waals surface area contributed by atoms with E-state index in [4.69, 9.17) is 0 Å². The van der Waals surface area contributed by atoms with Crippen molar-refractivity contribution in [3.8, 4) is 5.75 Å². The van der Waals surface area contributed by atoms with Gasteiger partial charge in [-0.15, -0.1) is 23.5 Å². The number of phenolic OH excluding ortho intramolecular Hbond substituents is 1. The Kier molecular flexibility index (Phi) is 8.23. The number of aromatic hydroxyl groups is 1. The third-order valence-electron chi connectivity index (χ3n) is 6.84. The van der Waals surface area contributed by atoms with Gasteiger partial charge in [0.05, 0.1) is 14.9 Å². The van der Waals surface area contributed by atoms with E-state index in [1.54, 1.807) is 0 Å². The van der Waals surface area contributed by atoms with Gasteiger partial charge < -0.3 is 10.2 Å². The van der Waals surface area contributed by atoms with E-state index in [0.29, 0.717) is 5.75 Å². The Bertz CT molecular complexity index is 954. The zero-order valence-corrected chi connectivity index (χ0v) is 26.3. The van der Waals surface area contributed by atoms with Crippen LogP contribution in [-0.4, -0.2) is 25.1 Å². The average molecular weight is 519 g/mol. The normalized spacial score (nSPS) is 22.4. The largest absolute Gasteiger partial charge is 0.507 e. The van der Waals surface area contributed by atoms with Gasteiger partial charge in [0.2, 0.25) is 0 Å². The van der Waals surface area contributed by atoms with Crippen LogP contribution in [0, 0.1) is 10.8 Å². The molecule has 0 fully saturated rings. The van der Waals surface area contributed by atoms with Crippen molar-refractivity contribution < 1.29 is 10.2 Å². The van der Waals surface area contributed by atoms with E-state index in [0.717, 1.165) is 21.6 Å². The first-order valence-electron chi connectivity index (χ1n) is 12.8. The van der Waals surface area contributed by atoms with Crippen LogP contribution >= 0.6 is 23.5 Å². The number of allylic oxidation sites excluding steroid dienone is 2. The van der Waals surface area contributed by atoms with Gasteiger partial charge in [-0.25, -0.2) is 0 Å². The standard InChI is InChI=1S/C31H50O2S2/c1-26(2,3)21-16-15-17-31(25(21)33,29(10,11)12)35-30(13,14)34-20-18-22(27(4,5)6)24(32)23(19-20)28(7,8)9/h15-19,25,32-33H,1-14H3. The van der Waals surface area contributed by atoms with Crippen LogP contribution < -0.4 is 0 Å². The molecule has 2 unspecified atom stereocenters. The summed E-state index contributed by atoms with van der Waals surface area (Å²) < 4.78 is -0.711. The zero-order chi connectivity index (χ0) is 27.4. The maximum atomic E-state index is 11.8. The van der Waals surface area contributed by atoms with Gasteiger partial charge in [0.15, 0.2) is 0 Å². The molecular weight excluding hydrogens is 468 g/mol. The highest BCUT2D eigenvalue weighted by atomic mass is 32.2. The molecule has 0 aromatic heterocycles. The number of aliphatic hydroxyl groups excluding tert-OH is 1. The first kappa shape index (κ1) is 30.4. The monoisotopic (exact) mass is 518 g/mol. The molecule has 2 atom stereocenters. The number of phenols is 1. The van der Waals surface area contributed by atoms with E-state index in [-0.39, 0.29) is 25.7 Å². The molecule has 0 radical (unpaired) electrons. The van der Waals surface area contributed by atoms with Gasteiger partial charge in [-0.2, -0.15) is 0 Å². The summed E-state index contributed by atoms with van der Waals surface area (Å²) in [6.45, 7) is 30.7. The summed E-state index contributed by atoms with van der Waals surface area (Å²) in [5.74, 6) is 0.413. The lowest BCUT2D eigenvalue weighted by Gasteiger charge is -2.52. The summed E-state index contributed by atoms with van der Waals surface area (Å²) in [6, 6.07) is 4.32. The summed E-state index contributed by atoms with van der Waals surface area (Å²) in [5, 5.41) is 23.0. The Labute approximate surface area is 224 Å². The van der Waals surface area contributed by atoms with Crippen LogP contribution in [0.25, 0.3) is 0 Å². The van der Waals surface area contributed by atoms with Gasteiger partial charge in [0.1, 0.15) is 5.75 Å². The van der Waals surface area contributed by atoms with Crippen LogP contribution in [0.2, 0.25) is 0 Å². The number of hydrogen-bond acceptors (Lipinski definition) is 4. The SMILES string of the molecule is CC(C)(Sc1cc(C(C)(C)C)c(O)c(C(C)(C)C)c1)SC1(C(C)(C)C)C=CC=C(C(C)(C)C)C1O. The molecule has 0 saturated carbocycles. The Balaban J connectivity index is 2.57. The average Bonchev–Trinajstić information content (AvgIpc) is 2.60. The van der Waals surface area contributed by atoms with E-state index >= 15 is 0 Å². The van der Waals surface area contributed by atoms with Gasteiger partial charge >= 0.3 is 0 Å². The van der Waals surface area contributed by atoms with Crippen molar-refractivity contribution in [2.75, 3.05) is 0 Å².